The van der Waals surface area contributed by atoms with Gasteiger partial charge in [-0.15, -0.1) is 0 Å². The van der Waals surface area contributed by atoms with Crippen LogP contribution in [0.3, 0.4) is 0 Å². The van der Waals surface area contributed by atoms with Crippen LogP contribution in [0.1, 0.15) is 11.3 Å². The molecule has 5 nitrogen and oxygen atoms in total. The molecule has 0 N–H and O–H groups in total. The summed E-state index contributed by atoms with van der Waals surface area (Å²) < 4.78 is 2.00. The first-order valence-electron chi connectivity index (χ1n) is 5.91. The van der Waals surface area contributed by atoms with Crippen molar-refractivity contribution in [2.75, 3.05) is 6.54 Å². The highest BCUT2D eigenvalue weighted by Crippen LogP contribution is 2.00. The van der Waals surface area contributed by atoms with Crippen LogP contribution in [0.4, 0.5) is 0 Å². The molecular weight excluding hydrogens is 242 g/mol. The Labute approximate surface area is 111 Å². The number of aromatic nitrogens is 2. The number of nitrogens with zero attached hydrogens (tertiary/aromatic N) is 3. The predicted octanol–water partition coefficient (Wildman–Crippen LogP) is 1.71. The average molecular weight is 256 g/mol. The minimum absolute atomic E-state index is 0.180. The van der Waals surface area contributed by atoms with E-state index in [-0.39, 0.29) is 11.5 Å². The highest BCUT2D eigenvalue weighted by molar-refractivity contribution is 5.39. The molecule has 1 aromatic carbocycles. The number of benzene rings is 1. The second kappa shape index (κ2) is 6.39. The molecule has 0 amide bonds. The molecule has 0 spiro atoms. The summed E-state index contributed by atoms with van der Waals surface area (Å²) in [5.41, 5.74) is 2.01. The van der Waals surface area contributed by atoms with Gasteiger partial charge < -0.3 is 0 Å². The minimum atomic E-state index is -0.367. The molecule has 0 saturated carbocycles. The SMILES string of the molecule is O=[N+]([O-])CC=Cc1cncc[n+]1Cc1ccccc1. The van der Waals surface area contributed by atoms with Crippen LogP contribution in [0.2, 0.25) is 0 Å². The van der Waals surface area contributed by atoms with E-state index in [1.807, 2.05) is 41.1 Å². The number of nitro groups is 1. The number of hydrogen-bond acceptors (Lipinski definition) is 3. The summed E-state index contributed by atoms with van der Waals surface area (Å²) in [5, 5.41) is 10.3. The quantitative estimate of drug-likeness (QED) is 0.465. The Morgan fingerprint density at radius 3 is 2.84 bits per heavy atom. The Bertz CT molecular complexity index is 582. The Kier molecular flexibility index (Phi) is 4.34. The van der Waals surface area contributed by atoms with Crippen molar-refractivity contribution in [1.29, 1.82) is 0 Å². The third kappa shape index (κ3) is 3.99. The van der Waals surface area contributed by atoms with Gasteiger partial charge >= 0.3 is 0 Å². The highest BCUT2D eigenvalue weighted by atomic mass is 16.6. The van der Waals surface area contributed by atoms with Gasteiger partial charge in [0.05, 0.1) is 12.4 Å². The molecule has 2 aromatic rings. The number of hydrogen-bond donors (Lipinski definition) is 0. The molecule has 1 aromatic heterocycles. The fourth-order valence-corrected chi connectivity index (χ4v) is 1.72. The molecule has 5 heteroatoms. The van der Waals surface area contributed by atoms with Crippen LogP contribution in [0.15, 0.2) is 55.0 Å². The van der Waals surface area contributed by atoms with Crippen molar-refractivity contribution in [2.24, 2.45) is 0 Å². The van der Waals surface area contributed by atoms with Gasteiger partial charge in [0.1, 0.15) is 0 Å². The van der Waals surface area contributed by atoms with Gasteiger partial charge in [-0.25, -0.2) is 0 Å². The normalized spacial score (nSPS) is 10.7. The van der Waals surface area contributed by atoms with Gasteiger partial charge in [0, 0.05) is 16.6 Å². The summed E-state index contributed by atoms with van der Waals surface area (Å²) in [5.74, 6) is 0. The molecule has 0 bridgehead atoms. The van der Waals surface area contributed by atoms with Crippen molar-refractivity contribution < 1.29 is 9.49 Å². The Hall–Kier alpha value is -2.56. The second-order valence-corrected chi connectivity index (χ2v) is 4.03. The molecule has 0 aliphatic heterocycles. The maximum atomic E-state index is 10.3. The maximum absolute atomic E-state index is 10.3. The van der Waals surface area contributed by atoms with E-state index in [9.17, 15) is 10.1 Å². The first-order valence-corrected chi connectivity index (χ1v) is 5.91. The van der Waals surface area contributed by atoms with E-state index in [2.05, 4.69) is 4.98 Å². The van der Waals surface area contributed by atoms with E-state index in [0.717, 1.165) is 5.69 Å². The van der Waals surface area contributed by atoms with Crippen LogP contribution >= 0.6 is 0 Å². The van der Waals surface area contributed by atoms with Gasteiger partial charge in [0.15, 0.2) is 12.7 Å². The molecule has 1 heterocycles. The largest absolute Gasteiger partial charge is 0.264 e. The van der Waals surface area contributed by atoms with E-state index in [4.69, 9.17) is 0 Å². The summed E-state index contributed by atoms with van der Waals surface area (Å²) in [4.78, 5) is 14.0. The fraction of sp³-hybridized carbons (Fsp3) is 0.143. The summed E-state index contributed by atoms with van der Waals surface area (Å²) in [6, 6.07) is 10.0. The van der Waals surface area contributed by atoms with Crippen molar-refractivity contribution in [3.8, 4) is 0 Å². The molecule has 96 valence electrons. The van der Waals surface area contributed by atoms with E-state index in [1.165, 1.54) is 11.6 Å². The third-order valence-corrected chi connectivity index (χ3v) is 2.61. The van der Waals surface area contributed by atoms with Crippen molar-refractivity contribution in [3.63, 3.8) is 0 Å². The summed E-state index contributed by atoms with van der Waals surface area (Å²) >= 11 is 0. The lowest BCUT2D eigenvalue weighted by atomic mass is 10.2. The van der Waals surface area contributed by atoms with Crippen LogP contribution < -0.4 is 4.57 Å². The van der Waals surface area contributed by atoms with Gasteiger partial charge in [0.25, 0.3) is 0 Å². The zero-order chi connectivity index (χ0) is 13.5. The maximum Gasteiger partial charge on any atom is 0.223 e. The molecular formula is C14H14N3O2+. The number of rotatable bonds is 5. The molecule has 2 rings (SSSR count). The van der Waals surface area contributed by atoms with Gasteiger partial charge in [0.2, 0.25) is 12.2 Å². The van der Waals surface area contributed by atoms with E-state index in [1.54, 1.807) is 18.5 Å². The van der Waals surface area contributed by atoms with Crippen molar-refractivity contribution in [1.82, 2.24) is 4.98 Å². The zero-order valence-corrected chi connectivity index (χ0v) is 10.3. The molecule has 0 aliphatic carbocycles. The van der Waals surface area contributed by atoms with Crippen LogP contribution in [-0.4, -0.2) is 16.5 Å². The standard InChI is InChI=1S/C14H14N3O2/c18-17(19)9-4-7-14-11-15-8-10-16(14)12-13-5-2-1-3-6-13/h1-8,10-11H,9,12H2/q+1. The lowest BCUT2D eigenvalue weighted by molar-refractivity contribution is -0.690. The smallest absolute Gasteiger partial charge is 0.223 e. The third-order valence-electron chi connectivity index (χ3n) is 2.61. The van der Waals surface area contributed by atoms with Gasteiger partial charge in [-0.3, -0.25) is 15.1 Å². The molecule has 0 radical (unpaired) electrons. The fourth-order valence-electron chi connectivity index (χ4n) is 1.72. The minimum Gasteiger partial charge on any atom is -0.264 e. The molecule has 0 fully saturated rings. The van der Waals surface area contributed by atoms with Gasteiger partial charge in [-0.1, -0.05) is 30.3 Å². The van der Waals surface area contributed by atoms with Crippen molar-refractivity contribution in [2.45, 2.75) is 6.54 Å². The lowest BCUT2D eigenvalue weighted by Crippen LogP contribution is -2.37. The molecule has 19 heavy (non-hydrogen) atoms. The topological polar surface area (TPSA) is 59.9 Å². The first-order chi connectivity index (χ1) is 9.25. The van der Waals surface area contributed by atoms with Crippen molar-refractivity contribution >= 4 is 6.08 Å². The summed E-state index contributed by atoms with van der Waals surface area (Å²) in [6.45, 7) is 0.529. The van der Waals surface area contributed by atoms with Crippen molar-refractivity contribution in [3.05, 3.63) is 76.4 Å². The molecule has 0 atom stereocenters. The second-order valence-electron chi connectivity index (χ2n) is 4.03. The van der Waals surface area contributed by atoms with Crippen LogP contribution in [-0.2, 0) is 6.54 Å². The average Bonchev–Trinajstić information content (AvgIpc) is 2.41. The highest BCUT2D eigenvalue weighted by Gasteiger charge is 2.08. The zero-order valence-electron chi connectivity index (χ0n) is 10.3. The molecule has 0 saturated heterocycles. The summed E-state index contributed by atoms with van der Waals surface area (Å²) in [7, 11) is 0. The Morgan fingerprint density at radius 2 is 2.11 bits per heavy atom. The van der Waals surface area contributed by atoms with Crippen LogP contribution in [0, 0.1) is 10.1 Å². The Morgan fingerprint density at radius 1 is 1.32 bits per heavy atom. The van der Waals surface area contributed by atoms with Gasteiger partial charge in [-0.2, -0.15) is 4.57 Å². The van der Waals surface area contributed by atoms with E-state index >= 15 is 0 Å². The van der Waals surface area contributed by atoms with Crippen LogP contribution in [0.5, 0.6) is 0 Å². The molecule has 0 unspecified atom stereocenters. The van der Waals surface area contributed by atoms with E-state index < -0.39 is 0 Å². The first kappa shape index (κ1) is 12.9. The van der Waals surface area contributed by atoms with E-state index in [0.29, 0.717) is 6.54 Å². The monoisotopic (exact) mass is 256 g/mol. The summed E-state index contributed by atoms with van der Waals surface area (Å²) in [6.07, 6.45) is 8.50. The Balaban J connectivity index is 2.17. The lowest BCUT2D eigenvalue weighted by Gasteiger charge is -2.00. The van der Waals surface area contributed by atoms with Crippen LogP contribution in [0.25, 0.3) is 6.08 Å². The molecule has 0 aliphatic rings. The predicted molar refractivity (Wildman–Crippen MR) is 70.9 cm³/mol. The van der Waals surface area contributed by atoms with Gasteiger partial charge in [-0.05, 0) is 6.08 Å².